The van der Waals surface area contributed by atoms with Gasteiger partial charge in [0.25, 0.3) is 0 Å². The highest BCUT2D eigenvalue weighted by Gasteiger charge is 2.31. The van der Waals surface area contributed by atoms with Crippen molar-refractivity contribution < 1.29 is 78.8 Å². The molecule has 0 unspecified atom stereocenters. The molecule has 0 N–H and O–H groups in total. The molecule has 6 aromatic carbocycles. The zero-order valence-electron chi connectivity index (χ0n) is 57.9. The molecule has 101 heavy (non-hydrogen) atoms. The van der Waals surface area contributed by atoms with Crippen LogP contribution in [-0.2, 0) is 38.8 Å². The number of aldehydes is 1. The SMILES string of the molecule is COc1cc2c(cc1OC)C(=O)/C(=C/C1CCN(Cc3ccccc3)CC1)C2.COc1cc2c(cc1OC)C(=O)/C(=C/c1cc[n+](Cc3ccccc3)cc1)C2.COc1cc2c(cc1OC)C(=O)/C(=C/c1ccncc1)C2.COc1cc2c(cc1OC)C(=O)CC2.Cl.O=Cc1ccncc1.[Cl-]. The molecule has 3 aromatic heterocycles. The number of carbonyl (C=O) groups excluding carboxylic acids is 5. The summed E-state index contributed by atoms with van der Waals surface area (Å²) >= 11 is 0. The predicted molar refractivity (Wildman–Crippen MR) is 387 cm³/mol. The summed E-state index contributed by atoms with van der Waals surface area (Å²) in [6.07, 6.45) is 23.1. The van der Waals surface area contributed by atoms with Gasteiger partial charge in [0.1, 0.15) is 6.29 Å². The average molecular weight is 1400 g/mol. The highest BCUT2D eigenvalue weighted by molar-refractivity contribution is 6.17. The molecule has 0 spiro atoms. The van der Waals surface area contributed by atoms with E-state index in [1.54, 1.807) is 112 Å². The van der Waals surface area contributed by atoms with Crippen LogP contribution in [0.2, 0.25) is 0 Å². The number of hydrogen-bond donors (Lipinski definition) is 0. The van der Waals surface area contributed by atoms with Crippen LogP contribution in [0.4, 0.5) is 0 Å². The monoisotopic (exact) mass is 1400 g/mol. The first-order valence-electron chi connectivity index (χ1n) is 32.6. The molecule has 522 valence electrons. The first-order chi connectivity index (χ1) is 48.3. The maximum atomic E-state index is 12.9. The summed E-state index contributed by atoms with van der Waals surface area (Å²) in [5, 5.41) is 0. The number of rotatable bonds is 16. The van der Waals surface area contributed by atoms with Gasteiger partial charge in [-0.25, -0.2) is 4.57 Å². The molecular weight excluding hydrogens is 1320 g/mol. The van der Waals surface area contributed by atoms with Gasteiger partial charge in [-0.3, -0.25) is 38.8 Å². The first-order valence-corrected chi connectivity index (χ1v) is 32.6. The van der Waals surface area contributed by atoms with Crippen molar-refractivity contribution in [3.8, 4) is 46.0 Å². The highest BCUT2D eigenvalue weighted by Crippen LogP contribution is 2.41. The van der Waals surface area contributed by atoms with Crippen LogP contribution >= 0.6 is 12.4 Å². The Bertz CT molecular complexity index is 4450. The van der Waals surface area contributed by atoms with Crippen LogP contribution in [-0.4, -0.2) is 114 Å². The van der Waals surface area contributed by atoms with Crippen molar-refractivity contribution in [3.63, 3.8) is 0 Å². The zero-order valence-corrected chi connectivity index (χ0v) is 59.4. The van der Waals surface area contributed by atoms with E-state index >= 15 is 0 Å². The van der Waals surface area contributed by atoms with Crippen molar-refractivity contribution in [2.24, 2.45) is 5.92 Å². The third kappa shape index (κ3) is 19.2. The summed E-state index contributed by atoms with van der Waals surface area (Å²) in [5.41, 5.74) is 14.7. The molecule has 19 heteroatoms. The van der Waals surface area contributed by atoms with Crippen molar-refractivity contribution in [2.45, 2.75) is 58.0 Å². The Hall–Kier alpha value is -10.7. The van der Waals surface area contributed by atoms with Crippen LogP contribution in [0, 0.1) is 5.92 Å². The number of allylic oxidation sites excluding steroid dienone is 4. The van der Waals surface area contributed by atoms with Crippen molar-refractivity contribution in [1.29, 1.82) is 0 Å². The zero-order chi connectivity index (χ0) is 69.8. The van der Waals surface area contributed by atoms with Gasteiger partial charge in [-0.2, -0.15) is 0 Å². The lowest BCUT2D eigenvalue weighted by Gasteiger charge is -2.30. The number of aryl methyl sites for hydroxylation is 1. The Balaban J connectivity index is 0.000000167. The van der Waals surface area contributed by atoms with Gasteiger partial charge in [-0.1, -0.05) is 66.7 Å². The van der Waals surface area contributed by atoms with Crippen LogP contribution in [0.5, 0.6) is 46.0 Å². The fraction of sp³-hybridized carbons (Fsp3) is 0.244. The van der Waals surface area contributed by atoms with Crippen LogP contribution < -0.4 is 54.9 Å². The molecule has 1 saturated heterocycles. The number of likely N-dealkylation sites (tertiary alicyclic amines) is 1. The van der Waals surface area contributed by atoms with Gasteiger partial charge in [-0.05, 0) is 162 Å². The third-order valence-corrected chi connectivity index (χ3v) is 17.8. The molecule has 4 heterocycles. The minimum atomic E-state index is 0. The fourth-order valence-electron chi connectivity index (χ4n) is 12.5. The molecule has 17 nitrogen and oxygen atoms in total. The lowest BCUT2D eigenvalue weighted by Crippen LogP contribution is -3.00. The quantitative estimate of drug-likeness (QED) is 0.0503. The molecule has 0 saturated carbocycles. The lowest BCUT2D eigenvalue weighted by molar-refractivity contribution is -0.688. The Morgan fingerprint density at radius 2 is 0.802 bits per heavy atom. The van der Waals surface area contributed by atoms with E-state index in [4.69, 9.17) is 37.9 Å². The van der Waals surface area contributed by atoms with Gasteiger partial charge in [0.2, 0.25) is 0 Å². The van der Waals surface area contributed by atoms with Crippen molar-refractivity contribution in [2.75, 3.05) is 70.0 Å². The highest BCUT2D eigenvalue weighted by atomic mass is 35.5. The van der Waals surface area contributed by atoms with E-state index in [0.717, 1.165) is 113 Å². The minimum Gasteiger partial charge on any atom is -1.00 e. The second-order valence-electron chi connectivity index (χ2n) is 24.0. The van der Waals surface area contributed by atoms with Crippen LogP contribution in [0.3, 0.4) is 0 Å². The van der Waals surface area contributed by atoms with Gasteiger partial charge in [0.05, 0.1) is 56.9 Å². The van der Waals surface area contributed by atoms with E-state index in [9.17, 15) is 24.0 Å². The second kappa shape index (κ2) is 36.9. The summed E-state index contributed by atoms with van der Waals surface area (Å²) in [4.78, 5) is 69.8. The third-order valence-electron chi connectivity index (χ3n) is 17.8. The van der Waals surface area contributed by atoms with Crippen LogP contribution in [0.25, 0.3) is 12.2 Å². The topological polar surface area (TPSA) is 192 Å². The largest absolute Gasteiger partial charge is 1.00 e. The van der Waals surface area contributed by atoms with Crippen LogP contribution in [0.1, 0.15) is 116 Å². The Morgan fingerprint density at radius 1 is 0.436 bits per heavy atom. The summed E-state index contributed by atoms with van der Waals surface area (Å²) in [6, 6.07) is 46.8. The summed E-state index contributed by atoms with van der Waals surface area (Å²) < 4.78 is 44.4. The molecule has 0 atom stereocenters. The van der Waals surface area contributed by atoms with Gasteiger partial charge in [0.15, 0.2) is 88.1 Å². The maximum Gasteiger partial charge on any atom is 0.189 e. The number of benzene rings is 6. The molecule has 5 aliphatic rings. The van der Waals surface area contributed by atoms with Crippen molar-refractivity contribution in [3.05, 3.63) is 278 Å². The summed E-state index contributed by atoms with van der Waals surface area (Å²) in [7, 11) is 12.7. The number of halogens is 2. The molecular formula is C82H82Cl2N4O13. The molecule has 0 amide bonds. The number of pyridine rings is 3. The minimum absolute atomic E-state index is 0. The van der Waals surface area contributed by atoms with E-state index in [-0.39, 0.29) is 47.9 Å². The number of hydrogen-bond acceptors (Lipinski definition) is 16. The van der Waals surface area contributed by atoms with Crippen LogP contribution in [0.15, 0.2) is 206 Å². The number of aromatic nitrogens is 3. The van der Waals surface area contributed by atoms with Crippen molar-refractivity contribution in [1.82, 2.24) is 14.9 Å². The van der Waals surface area contributed by atoms with E-state index < -0.39 is 0 Å². The average Bonchev–Trinajstić information content (AvgIpc) is 1.67. The first kappa shape index (κ1) is 76.0. The van der Waals surface area contributed by atoms with E-state index in [0.29, 0.717) is 94.3 Å². The van der Waals surface area contributed by atoms with Crippen molar-refractivity contribution >= 4 is 54.0 Å². The number of ketones is 4. The molecule has 0 bridgehead atoms. The van der Waals surface area contributed by atoms with E-state index in [1.807, 2.05) is 97.3 Å². The van der Waals surface area contributed by atoms with Gasteiger partial charge >= 0.3 is 0 Å². The number of methoxy groups -OCH3 is 8. The van der Waals surface area contributed by atoms with E-state index in [1.165, 1.54) is 11.1 Å². The predicted octanol–water partition coefficient (Wildman–Crippen LogP) is 11.2. The Morgan fingerprint density at radius 3 is 1.22 bits per heavy atom. The fourth-order valence-corrected chi connectivity index (χ4v) is 12.5. The summed E-state index contributed by atoms with van der Waals surface area (Å²) in [5.74, 6) is 5.99. The van der Waals surface area contributed by atoms with Gasteiger partial charge in [-0.15, -0.1) is 12.4 Å². The molecule has 0 radical (unpaired) electrons. The molecule has 14 rings (SSSR count). The Labute approximate surface area is 602 Å². The number of Topliss-reactive ketones (excluding diaryl/α,β-unsaturated/α-hetero) is 4. The second-order valence-corrected chi connectivity index (χ2v) is 24.0. The molecule has 9 aromatic rings. The Kier molecular flexibility index (Phi) is 27.8. The van der Waals surface area contributed by atoms with Gasteiger partial charge < -0.3 is 50.3 Å². The number of fused-ring (bicyclic) bond motifs is 4. The van der Waals surface area contributed by atoms with Gasteiger partial charge in [0, 0.05) is 119 Å². The molecule has 4 aliphatic carbocycles. The summed E-state index contributed by atoms with van der Waals surface area (Å²) in [6.45, 7) is 3.98. The number of ether oxygens (including phenoxy) is 8. The number of piperidine rings is 1. The number of nitrogens with zero attached hydrogens (tertiary/aromatic N) is 4. The normalized spacial score (nSPS) is 15.0. The lowest BCUT2D eigenvalue weighted by atomic mass is 9.93. The maximum absolute atomic E-state index is 12.9. The molecule has 1 aliphatic heterocycles. The standard InChI is InChI=1S/C24H27NO3.C24H22NO3.C17H15NO3.C11H12O3.C6H5NO.2ClH/c2*1-27-22-14-19-13-20(24(26)21(19)15-23(22)28-2)12-17-8-10-25(11-9-17)16-18-6-4-3-5-7-18;1-20-15-9-12-8-13(7-11-3-5-18-6-4-11)17(19)14(12)10-16(15)21-2;1-13-10-5-7-3-4-9(12)8(7)6-11(10)14-2;8-5-6-1-3-7-4-2-6;;/h3-7,12,14-15,17H,8-11,13,16H2,1-2H3;3-12,14-15H,13,16H2,1-2H3;3-7,9-10H,8H2,1-2H3;5-6H,3-4H2,1-2H3;1-5H;2*1H/q;+1;;;;;/p-1/b2*20-12+;13-7+;;;;. The van der Waals surface area contributed by atoms with E-state index in [2.05, 4.69) is 68.0 Å². The number of carbonyl (C=O) groups is 5. The molecule has 1 fully saturated rings. The smallest absolute Gasteiger partial charge is 0.189 e.